The van der Waals surface area contributed by atoms with Gasteiger partial charge in [0.25, 0.3) is 0 Å². The monoisotopic (exact) mass is 296 g/mol. The largest absolute Gasteiger partial charge is 0.493 e. The molecule has 3 aromatic rings. The van der Waals surface area contributed by atoms with Crippen LogP contribution in [0.15, 0.2) is 42.6 Å². The first kappa shape index (κ1) is 14.6. The number of rotatable bonds is 4. The number of hydrogen-bond donors (Lipinski definition) is 1. The maximum Gasteiger partial charge on any atom is 0.137 e. The molecule has 0 spiro atoms. The van der Waals surface area contributed by atoms with Crippen molar-refractivity contribution in [2.75, 3.05) is 6.61 Å². The van der Waals surface area contributed by atoms with Crippen molar-refractivity contribution < 1.29 is 9.84 Å². The summed E-state index contributed by atoms with van der Waals surface area (Å²) < 4.78 is 7.67. The highest BCUT2D eigenvalue weighted by molar-refractivity contribution is 5.72. The van der Waals surface area contributed by atoms with Crippen LogP contribution in [0.5, 0.6) is 5.75 Å². The topological polar surface area (TPSA) is 46.8 Å². The summed E-state index contributed by atoms with van der Waals surface area (Å²) in [4.78, 5) is 4.71. The van der Waals surface area contributed by atoms with Gasteiger partial charge in [0.2, 0.25) is 0 Å². The molecule has 0 radical (unpaired) electrons. The van der Waals surface area contributed by atoms with E-state index in [-0.39, 0.29) is 0 Å². The molecule has 0 saturated heterocycles. The number of para-hydroxylation sites is 1. The van der Waals surface area contributed by atoms with Gasteiger partial charge in [-0.05, 0) is 44.5 Å². The number of aliphatic hydroxyl groups excluding tert-OH is 1. The van der Waals surface area contributed by atoms with Gasteiger partial charge in [0.15, 0.2) is 0 Å². The van der Waals surface area contributed by atoms with Crippen molar-refractivity contribution in [3.8, 4) is 17.0 Å². The van der Waals surface area contributed by atoms with Crippen LogP contribution in [0.25, 0.3) is 16.9 Å². The highest BCUT2D eigenvalue weighted by atomic mass is 16.5. The lowest BCUT2D eigenvalue weighted by Crippen LogP contribution is -2.01. The van der Waals surface area contributed by atoms with Crippen LogP contribution >= 0.6 is 0 Å². The van der Waals surface area contributed by atoms with E-state index in [1.807, 2.05) is 60.8 Å². The van der Waals surface area contributed by atoms with Crippen LogP contribution in [-0.2, 0) is 0 Å². The van der Waals surface area contributed by atoms with E-state index in [0.717, 1.165) is 33.9 Å². The minimum atomic E-state index is -0.624. The van der Waals surface area contributed by atoms with Crippen LogP contribution in [-0.4, -0.2) is 21.1 Å². The molecular weight excluding hydrogens is 276 g/mol. The van der Waals surface area contributed by atoms with Crippen LogP contribution in [0.4, 0.5) is 0 Å². The molecule has 2 heterocycles. The summed E-state index contributed by atoms with van der Waals surface area (Å²) in [6.07, 6.45) is 1.37. The number of hydrogen-bond acceptors (Lipinski definition) is 3. The minimum absolute atomic E-state index is 0.591. The molecule has 0 aliphatic rings. The van der Waals surface area contributed by atoms with Gasteiger partial charge in [-0.2, -0.15) is 0 Å². The Labute approximate surface area is 130 Å². The molecule has 4 heteroatoms. The lowest BCUT2D eigenvalue weighted by Gasteiger charge is -2.12. The van der Waals surface area contributed by atoms with Crippen molar-refractivity contribution in [3.63, 3.8) is 0 Å². The fourth-order valence-corrected chi connectivity index (χ4v) is 2.71. The molecule has 0 amide bonds. The van der Waals surface area contributed by atoms with Crippen molar-refractivity contribution in [2.45, 2.75) is 26.9 Å². The summed E-state index contributed by atoms with van der Waals surface area (Å²) in [6, 6.07) is 11.8. The Morgan fingerprint density at radius 1 is 1.23 bits per heavy atom. The van der Waals surface area contributed by atoms with E-state index in [0.29, 0.717) is 6.61 Å². The molecule has 2 aromatic heterocycles. The molecule has 0 saturated carbocycles. The Bertz CT molecular complexity index is 806. The zero-order chi connectivity index (χ0) is 15.7. The summed E-state index contributed by atoms with van der Waals surface area (Å²) in [7, 11) is 0. The molecule has 4 nitrogen and oxygen atoms in total. The van der Waals surface area contributed by atoms with Crippen molar-refractivity contribution in [1.82, 2.24) is 9.38 Å². The first-order valence-electron chi connectivity index (χ1n) is 7.50. The van der Waals surface area contributed by atoms with Gasteiger partial charge in [0.1, 0.15) is 11.4 Å². The van der Waals surface area contributed by atoms with Gasteiger partial charge in [-0.15, -0.1) is 0 Å². The maximum absolute atomic E-state index is 10.3. The highest BCUT2D eigenvalue weighted by Gasteiger charge is 2.20. The van der Waals surface area contributed by atoms with Crippen LogP contribution in [0, 0.1) is 6.92 Å². The van der Waals surface area contributed by atoms with Crippen LogP contribution in [0.3, 0.4) is 0 Å². The first-order chi connectivity index (χ1) is 10.6. The SMILES string of the molecule is CCOc1ccccc1-c1nc2ccc(C)cn2c1C(C)O. The third-order valence-corrected chi connectivity index (χ3v) is 3.64. The molecule has 1 unspecified atom stereocenters. The second-order valence-corrected chi connectivity index (χ2v) is 5.39. The molecule has 1 aromatic carbocycles. The van der Waals surface area contributed by atoms with E-state index in [4.69, 9.17) is 9.72 Å². The molecule has 1 atom stereocenters. The van der Waals surface area contributed by atoms with Crippen LogP contribution < -0.4 is 4.74 Å². The normalized spacial score (nSPS) is 12.5. The smallest absolute Gasteiger partial charge is 0.137 e. The van der Waals surface area contributed by atoms with Gasteiger partial charge >= 0.3 is 0 Å². The van der Waals surface area contributed by atoms with E-state index < -0.39 is 6.10 Å². The number of aryl methyl sites for hydroxylation is 1. The van der Waals surface area contributed by atoms with Gasteiger partial charge in [0.05, 0.1) is 24.1 Å². The summed E-state index contributed by atoms with van der Waals surface area (Å²) in [5.41, 5.74) is 4.40. The maximum atomic E-state index is 10.3. The van der Waals surface area contributed by atoms with Gasteiger partial charge in [-0.1, -0.05) is 18.2 Å². The molecule has 1 N–H and O–H groups in total. The van der Waals surface area contributed by atoms with E-state index in [9.17, 15) is 5.11 Å². The van der Waals surface area contributed by atoms with Gasteiger partial charge in [-0.3, -0.25) is 0 Å². The molecule has 0 bridgehead atoms. The fourth-order valence-electron chi connectivity index (χ4n) is 2.71. The predicted molar refractivity (Wildman–Crippen MR) is 87.2 cm³/mol. The lowest BCUT2D eigenvalue weighted by atomic mass is 10.1. The Kier molecular flexibility index (Phi) is 3.86. The number of benzene rings is 1. The van der Waals surface area contributed by atoms with E-state index in [2.05, 4.69) is 0 Å². The average Bonchev–Trinajstić information content (AvgIpc) is 2.86. The number of ether oxygens (including phenoxy) is 1. The van der Waals surface area contributed by atoms with Gasteiger partial charge in [-0.25, -0.2) is 4.98 Å². The third kappa shape index (κ3) is 2.46. The number of imidazole rings is 1. The first-order valence-corrected chi connectivity index (χ1v) is 7.50. The second-order valence-electron chi connectivity index (χ2n) is 5.39. The van der Waals surface area contributed by atoms with E-state index in [1.54, 1.807) is 6.92 Å². The Morgan fingerprint density at radius 3 is 2.73 bits per heavy atom. The lowest BCUT2D eigenvalue weighted by molar-refractivity contribution is 0.194. The van der Waals surface area contributed by atoms with Crippen molar-refractivity contribution in [2.24, 2.45) is 0 Å². The number of fused-ring (bicyclic) bond motifs is 1. The Balaban J connectivity index is 2.29. The van der Waals surface area contributed by atoms with Crippen LogP contribution in [0.2, 0.25) is 0 Å². The standard InChI is InChI=1S/C18H20N2O2/c1-4-22-15-8-6-5-7-14(15)17-18(13(3)21)20-11-12(2)9-10-16(20)19-17/h5-11,13,21H,4H2,1-3H3. The number of aromatic nitrogens is 2. The summed E-state index contributed by atoms with van der Waals surface area (Å²) in [6.45, 7) is 6.34. The van der Waals surface area contributed by atoms with Crippen LogP contribution in [0.1, 0.15) is 31.2 Å². The molecular formula is C18H20N2O2. The van der Waals surface area contributed by atoms with Crippen molar-refractivity contribution >= 4 is 5.65 Å². The Morgan fingerprint density at radius 2 is 2.00 bits per heavy atom. The fraction of sp³-hybridized carbons (Fsp3) is 0.278. The molecule has 22 heavy (non-hydrogen) atoms. The minimum Gasteiger partial charge on any atom is -0.493 e. The quantitative estimate of drug-likeness (QED) is 0.797. The van der Waals surface area contributed by atoms with E-state index in [1.165, 1.54) is 0 Å². The number of nitrogens with zero attached hydrogens (tertiary/aromatic N) is 2. The second kappa shape index (κ2) is 5.81. The molecule has 0 aliphatic heterocycles. The zero-order valence-electron chi connectivity index (χ0n) is 13.1. The summed E-state index contributed by atoms with van der Waals surface area (Å²) in [5.74, 6) is 0.784. The van der Waals surface area contributed by atoms with Crippen molar-refractivity contribution in [3.05, 3.63) is 53.9 Å². The average molecular weight is 296 g/mol. The molecule has 3 rings (SSSR count). The number of aliphatic hydroxyl groups is 1. The van der Waals surface area contributed by atoms with Gasteiger partial charge in [0, 0.05) is 11.8 Å². The summed E-state index contributed by atoms with van der Waals surface area (Å²) in [5, 5.41) is 10.3. The van der Waals surface area contributed by atoms with Gasteiger partial charge < -0.3 is 14.2 Å². The predicted octanol–water partition coefficient (Wildman–Crippen LogP) is 3.76. The van der Waals surface area contributed by atoms with Crippen molar-refractivity contribution in [1.29, 1.82) is 0 Å². The molecule has 114 valence electrons. The molecule has 0 aliphatic carbocycles. The number of pyridine rings is 1. The highest BCUT2D eigenvalue weighted by Crippen LogP contribution is 2.35. The molecule has 0 fully saturated rings. The third-order valence-electron chi connectivity index (χ3n) is 3.64. The summed E-state index contributed by atoms with van der Waals surface area (Å²) >= 11 is 0. The van der Waals surface area contributed by atoms with E-state index >= 15 is 0 Å². The Hall–Kier alpha value is -2.33. The zero-order valence-corrected chi connectivity index (χ0v) is 13.1.